The van der Waals surface area contributed by atoms with Gasteiger partial charge >= 0.3 is 0 Å². The zero-order chi connectivity index (χ0) is 11.3. The van der Waals surface area contributed by atoms with E-state index in [-0.39, 0.29) is 0 Å². The van der Waals surface area contributed by atoms with Crippen LogP contribution in [0.2, 0.25) is 0 Å². The molecule has 0 spiro atoms. The van der Waals surface area contributed by atoms with Gasteiger partial charge in [-0.3, -0.25) is 4.90 Å². The normalized spacial score (nSPS) is 28.8. The highest BCUT2D eigenvalue weighted by Crippen LogP contribution is 2.43. The van der Waals surface area contributed by atoms with Gasteiger partial charge in [0.2, 0.25) is 0 Å². The van der Waals surface area contributed by atoms with Crippen LogP contribution in [0.3, 0.4) is 0 Å². The van der Waals surface area contributed by atoms with Gasteiger partial charge in [0.25, 0.3) is 0 Å². The van der Waals surface area contributed by atoms with E-state index in [2.05, 4.69) is 23.1 Å². The fraction of sp³-hybridized carbons (Fsp3) is 0.615. The molecule has 0 amide bonds. The summed E-state index contributed by atoms with van der Waals surface area (Å²) in [5.41, 5.74) is 3.79. The molecular weight excluding hydrogens is 200 g/mol. The van der Waals surface area contributed by atoms with Crippen LogP contribution in [0.5, 0.6) is 0 Å². The molecule has 0 saturated carbocycles. The Hall–Kier alpha value is -1.09. The Morgan fingerprint density at radius 1 is 1.50 bits per heavy atom. The summed E-state index contributed by atoms with van der Waals surface area (Å²) in [6.07, 6.45) is 3.71. The first-order chi connectivity index (χ1) is 7.70. The van der Waals surface area contributed by atoms with E-state index in [4.69, 9.17) is 4.52 Å². The number of aromatic nitrogens is 1. The monoisotopic (exact) mass is 218 g/mol. The maximum Gasteiger partial charge on any atom is 0.141 e. The van der Waals surface area contributed by atoms with E-state index in [0.29, 0.717) is 12.0 Å². The van der Waals surface area contributed by atoms with Crippen LogP contribution in [-0.4, -0.2) is 29.2 Å². The Bertz CT molecular complexity index is 427. The molecule has 16 heavy (non-hydrogen) atoms. The van der Waals surface area contributed by atoms with Gasteiger partial charge in [0.1, 0.15) is 5.76 Å². The number of likely N-dealkylation sites (tertiary alicyclic amines) is 1. The maximum atomic E-state index is 5.26. The summed E-state index contributed by atoms with van der Waals surface area (Å²) in [7, 11) is 0. The smallest absolute Gasteiger partial charge is 0.141 e. The lowest BCUT2D eigenvalue weighted by molar-refractivity contribution is 0.297. The lowest BCUT2D eigenvalue weighted by Gasteiger charge is -2.24. The summed E-state index contributed by atoms with van der Waals surface area (Å²) in [5.74, 6) is 1.67. The minimum atomic E-state index is 0.652. The largest absolute Gasteiger partial charge is 0.361 e. The molecule has 1 fully saturated rings. The summed E-state index contributed by atoms with van der Waals surface area (Å²) in [6.45, 7) is 8.66. The second-order valence-electron chi connectivity index (χ2n) is 4.91. The SMILES string of the molecule is CCN1CC2CC1C=C2c1c(C)noc1C. The molecule has 1 aromatic rings. The van der Waals surface area contributed by atoms with Crippen molar-refractivity contribution >= 4 is 5.57 Å². The lowest BCUT2D eigenvalue weighted by Crippen LogP contribution is -2.30. The molecule has 1 aliphatic heterocycles. The van der Waals surface area contributed by atoms with E-state index in [1.807, 2.05) is 13.8 Å². The number of hydrogen-bond acceptors (Lipinski definition) is 3. The summed E-state index contributed by atoms with van der Waals surface area (Å²) < 4.78 is 5.26. The molecule has 2 bridgehead atoms. The molecule has 0 aromatic carbocycles. The first-order valence-corrected chi connectivity index (χ1v) is 6.09. The van der Waals surface area contributed by atoms with Crippen molar-refractivity contribution in [2.45, 2.75) is 33.2 Å². The van der Waals surface area contributed by atoms with Crippen molar-refractivity contribution in [2.24, 2.45) is 5.92 Å². The van der Waals surface area contributed by atoms with Crippen molar-refractivity contribution in [2.75, 3.05) is 13.1 Å². The van der Waals surface area contributed by atoms with Crippen LogP contribution in [0, 0.1) is 19.8 Å². The van der Waals surface area contributed by atoms with E-state index in [1.54, 1.807) is 0 Å². The van der Waals surface area contributed by atoms with Crippen LogP contribution in [0.4, 0.5) is 0 Å². The number of hydrogen-bond donors (Lipinski definition) is 0. The number of likely N-dealkylation sites (N-methyl/N-ethyl adjacent to an activating group) is 1. The standard InChI is InChI=1S/C13H18N2O/c1-4-15-7-10-5-11(15)6-12(10)13-8(2)14-16-9(13)3/h6,10-11H,4-5,7H2,1-3H3. The molecule has 2 unspecified atom stereocenters. The van der Waals surface area contributed by atoms with Gasteiger partial charge in [0.05, 0.1) is 5.69 Å². The van der Waals surface area contributed by atoms with E-state index >= 15 is 0 Å². The second kappa shape index (κ2) is 3.45. The molecule has 1 aliphatic carbocycles. The van der Waals surface area contributed by atoms with Crippen LogP contribution in [0.25, 0.3) is 5.57 Å². The fourth-order valence-electron chi connectivity index (χ4n) is 3.22. The van der Waals surface area contributed by atoms with Gasteiger partial charge in [-0.1, -0.05) is 18.2 Å². The fourth-order valence-corrected chi connectivity index (χ4v) is 3.22. The topological polar surface area (TPSA) is 29.3 Å². The van der Waals surface area contributed by atoms with Crippen LogP contribution >= 0.6 is 0 Å². The predicted molar refractivity (Wildman–Crippen MR) is 63.1 cm³/mol. The summed E-state index contributed by atoms with van der Waals surface area (Å²) in [6, 6.07) is 0.652. The van der Waals surface area contributed by atoms with Gasteiger partial charge in [0.15, 0.2) is 0 Å². The van der Waals surface area contributed by atoms with Crippen LogP contribution in [0.1, 0.15) is 30.4 Å². The molecule has 3 heteroatoms. The molecular formula is C13H18N2O. The summed E-state index contributed by atoms with van der Waals surface area (Å²) >= 11 is 0. The third-order valence-corrected chi connectivity index (χ3v) is 3.99. The average molecular weight is 218 g/mol. The van der Waals surface area contributed by atoms with E-state index in [1.165, 1.54) is 24.1 Å². The van der Waals surface area contributed by atoms with E-state index < -0.39 is 0 Å². The zero-order valence-electron chi connectivity index (χ0n) is 10.2. The number of fused-ring (bicyclic) bond motifs is 2. The van der Waals surface area contributed by atoms with Gasteiger partial charge in [-0.05, 0) is 38.3 Å². The second-order valence-corrected chi connectivity index (χ2v) is 4.91. The van der Waals surface area contributed by atoms with Crippen molar-refractivity contribution in [3.8, 4) is 0 Å². The van der Waals surface area contributed by atoms with Gasteiger partial charge in [-0.15, -0.1) is 0 Å². The van der Waals surface area contributed by atoms with Gasteiger partial charge in [-0.25, -0.2) is 0 Å². The number of nitrogens with zero attached hydrogens (tertiary/aromatic N) is 2. The van der Waals surface area contributed by atoms with Crippen molar-refractivity contribution < 1.29 is 4.52 Å². The van der Waals surface area contributed by atoms with Gasteiger partial charge in [-0.2, -0.15) is 0 Å². The molecule has 2 atom stereocenters. The summed E-state index contributed by atoms with van der Waals surface area (Å²) in [4.78, 5) is 2.55. The molecule has 0 N–H and O–H groups in total. The summed E-state index contributed by atoms with van der Waals surface area (Å²) in [5, 5.41) is 4.05. The Morgan fingerprint density at radius 3 is 2.81 bits per heavy atom. The Labute approximate surface area is 96.1 Å². The highest BCUT2D eigenvalue weighted by molar-refractivity contribution is 5.74. The minimum absolute atomic E-state index is 0.652. The zero-order valence-corrected chi connectivity index (χ0v) is 10.2. The van der Waals surface area contributed by atoms with Gasteiger partial charge in [0, 0.05) is 18.2 Å². The third-order valence-electron chi connectivity index (χ3n) is 3.99. The van der Waals surface area contributed by atoms with Crippen molar-refractivity contribution in [1.29, 1.82) is 0 Å². The van der Waals surface area contributed by atoms with Crippen molar-refractivity contribution in [3.05, 3.63) is 23.1 Å². The Kier molecular flexibility index (Phi) is 2.18. The van der Waals surface area contributed by atoms with Gasteiger partial charge < -0.3 is 4.52 Å². The molecule has 0 radical (unpaired) electrons. The predicted octanol–water partition coefficient (Wildman–Crippen LogP) is 2.40. The Balaban J connectivity index is 1.97. The highest BCUT2D eigenvalue weighted by Gasteiger charge is 2.39. The van der Waals surface area contributed by atoms with Crippen LogP contribution < -0.4 is 0 Å². The average Bonchev–Trinajstić information content (AvgIpc) is 2.92. The maximum absolute atomic E-state index is 5.26. The first kappa shape index (κ1) is 10.1. The number of aryl methyl sites for hydroxylation is 2. The molecule has 3 nitrogen and oxygen atoms in total. The van der Waals surface area contributed by atoms with Crippen molar-refractivity contribution in [3.63, 3.8) is 0 Å². The molecule has 2 aliphatic rings. The Morgan fingerprint density at radius 2 is 2.31 bits per heavy atom. The quantitative estimate of drug-likeness (QED) is 0.763. The molecule has 3 rings (SSSR count). The van der Waals surface area contributed by atoms with Crippen LogP contribution in [-0.2, 0) is 0 Å². The molecule has 2 heterocycles. The molecule has 1 saturated heterocycles. The van der Waals surface area contributed by atoms with E-state index in [9.17, 15) is 0 Å². The number of rotatable bonds is 2. The van der Waals surface area contributed by atoms with Crippen molar-refractivity contribution in [1.82, 2.24) is 10.1 Å². The lowest BCUT2D eigenvalue weighted by atomic mass is 9.94. The first-order valence-electron chi connectivity index (χ1n) is 6.09. The minimum Gasteiger partial charge on any atom is -0.361 e. The molecule has 86 valence electrons. The highest BCUT2D eigenvalue weighted by atomic mass is 16.5. The van der Waals surface area contributed by atoms with E-state index in [0.717, 1.165) is 18.0 Å². The third kappa shape index (κ3) is 1.27. The van der Waals surface area contributed by atoms with Crippen LogP contribution in [0.15, 0.2) is 10.6 Å². The molecule has 1 aromatic heterocycles.